The number of benzene rings is 2. The molecule has 0 saturated carbocycles. The maximum atomic E-state index is 13.0. The van der Waals surface area contributed by atoms with E-state index in [0.717, 1.165) is 17.8 Å². The maximum absolute atomic E-state index is 13.0. The molecule has 36 heavy (non-hydrogen) atoms. The molecule has 1 amide bonds. The van der Waals surface area contributed by atoms with Gasteiger partial charge in [0, 0.05) is 24.7 Å². The predicted molar refractivity (Wildman–Crippen MR) is 128 cm³/mol. The van der Waals surface area contributed by atoms with Crippen molar-refractivity contribution in [2.45, 2.75) is 6.18 Å². The second kappa shape index (κ2) is 10.7. The number of nitrogens with zero attached hydrogens (tertiary/aromatic N) is 1. The van der Waals surface area contributed by atoms with E-state index in [-0.39, 0.29) is 22.6 Å². The number of halogens is 3. The number of anilines is 2. The Morgan fingerprint density at radius 2 is 1.83 bits per heavy atom. The zero-order valence-corrected chi connectivity index (χ0v) is 19.3. The van der Waals surface area contributed by atoms with Crippen LogP contribution in [0, 0.1) is 0 Å². The van der Waals surface area contributed by atoms with Crippen LogP contribution in [0.1, 0.15) is 21.7 Å². The molecule has 4 rings (SSSR count). The van der Waals surface area contributed by atoms with E-state index in [9.17, 15) is 22.8 Å². The predicted octanol–water partition coefficient (Wildman–Crippen LogP) is 5.24. The largest absolute Gasteiger partial charge is 0.465 e. The van der Waals surface area contributed by atoms with E-state index in [1.807, 2.05) is 4.90 Å². The highest BCUT2D eigenvalue weighted by Gasteiger charge is 2.30. The van der Waals surface area contributed by atoms with Crippen molar-refractivity contribution in [2.24, 2.45) is 0 Å². The normalized spacial score (nSPS) is 14.2. The molecule has 1 aromatic heterocycles. The molecule has 188 valence electrons. The summed E-state index contributed by atoms with van der Waals surface area (Å²) < 4.78 is 54.7. The average molecular weight is 500 g/mol. The highest BCUT2D eigenvalue weighted by molar-refractivity contribution is 6.04. The van der Waals surface area contributed by atoms with Gasteiger partial charge in [-0.15, -0.1) is 0 Å². The van der Waals surface area contributed by atoms with Gasteiger partial charge in [-0.2, -0.15) is 13.2 Å². The Labute approximate surface area is 205 Å². The van der Waals surface area contributed by atoms with Crippen LogP contribution in [0.25, 0.3) is 17.4 Å². The molecule has 0 radical (unpaired) electrons. The number of furan rings is 1. The van der Waals surface area contributed by atoms with Crippen LogP contribution < -0.4 is 10.2 Å². The third-order valence-electron chi connectivity index (χ3n) is 5.53. The van der Waals surface area contributed by atoms with E-state index < -0.39 is 23.6 Å². The Hall–Kier alpha value is -4.05. The number of alkyl halides is 3. The van der Waals surface area contributed by atoms with Gasteiger partial charge in [-0.25, -0.2) is 4.79 Å². The van der Waals surface area contributed by atoms with Crippen molar-refractivity contribution in [3.63, 3.8) is 0 Å². The molecule has 0 aliphatic carbocycles. The number of carbonyl (C=O) groups is 2. The first-order chi connectivity index (χ1) is 17.2. The molecule has 10 heteroatoms. The molecule has 1 aliphatic heterocycles. The Balaban J connectivity index is 1.51. The van der Waals surface area contributed by atoms with E-state index in [0.29, 0.717) is 32.0 Å². The van der Waals surface area contributed by atoms with Crippen molar-refractivity contribution in [1.82, 2.24) is 0 Å². The van der Waals surface area contributed by atoms with Crippen LogP contribution in [-0.2, 0) is 20.4 Å². The second-order valence-electron chi connectivity index (χ2n) is 7.93. The topological polar surface area (TPSA) is 81.0 Å². The van der Waals surface area contributed by atoms with Gasteiger partial charge in [0.1, 0.15) is 11.5 Å². The number of hydrogen-bond acceptors (Lipinski definition) is 6. The van der Waals surface area contributed by atoms with Crippen molar-refractivity contribution < 1.29 is 36.7 Å². The fourth-order valence-electron chi connectivity index (χ4n) is 3.74. The minimum absolute atomic E-state index is 0.238. The lowest BCUT2D eigenvalue weighted by atomic mass is 10.1. The van der Waals surface area contributed by atoms with Gasteiger partial charge in [0.05, 0.1) is 42.8 Å². The van der Waals surface area contributed by atoms with Gasteiger partial charge < -0.3 is 24.1 Å². The molecule has 3 aromatic rings. The van der Waals surface area contributed by atoms with E-state index >= 15 is 0 Å². The highest BCUT2D eigenvalue weighted by Crippen LogP contribution is 2.33. The molecular weight excluding hydrogens is 477 g/mol. The van der Waals surface area contributed by atoms with Crippen LogP contribution in [0.3, 0.4) is 0 Å². The third-order valence-corrected chi connectivity index (χ3v) is 5.53. The lowest BCUT2D eigenvalue weighted by Crippen LogP contribution is -2.36. The van der Waals surface area contributed by atoms with Crippen molar-refractivity contribution in [2.75, 3.05) is 43.6 Å². The quantitative estimate of drug-likeness (QED) is 0.368. The van der Waals surface area contributed by atoms with E-state index in [1.54, 1.807) is 24.3 Å². The van der Waals surface area contributed by atoms with E-state index in [1.165, 1.54) is 37.5 Å². The van der Waals surface area contributed by atoms with Gasteiger partial charge in [-0.3, -0.25) is 4.79 Å². The number of rotatable bonds is 6. The van der Waals surface area contributed by atoms with Gasteiger partial charge >= 0.3 is 12.1 Å². The number of ether oxygens (including phenoxy) is 2. The number of nitrogens with one attached hydrogen (secondary N) is 1. The Morgan fingerprint density at radius 1 is 1.06 bits per heavy atom. The summed E-state index contributed by atoms with van der Waals surface area (Å²) in [5.74, 6) is -0.494. The monoisotopic (exact) mass is 500 g/mol. The van der Waals surface area contributed by atoms with Crippen LogP contribution in [0.15, 0.2) is 65.1 Å². The molecular formula is C26H23F3N2O5. The minimum atomic E-state index is -4.46. The molecule has 1 fully saturated rings. The molecule has 1 saturated heterocycles. The summed E-state index contributed by atoms with van der Waals surface area (Å²) >= 11 is 0. The van der Waals surface area contributed by atoms with Crippen molar-refractivity contribution in [3.05, 3.63) is 77.6 Å². The van der Waals surface area contributed by atoms with Crippen LogP contribution in [0.5, 0.6) is 0 Å². The summed E-state index contributed by atoms with van der Waals surface area (Å²) in [5.41, 5.74) is 0.934. The van der Waals surface area contributed by atoms with Gasteiger partial charge in [0.2, 0.25) is 5.91 Å². The Morgan fingerprint density at radius 3 is 2.56 bits per heavy atom. The zero-order valence-electron chi connectivity index (χ0n) is 19.3. The van der Waals surface area contributed by atoms with Crippen LogP contribution in [0.4, 0.5) is 24.5 Å². The molecule has 1 N–H and O–H groups in total. The van der Waals surface area contributed by atoms with Crippen molar-refractivity contribution >= 4 is 29.3 Å². The smallest absolute Gasteiger partial charge is 0.416 e. The number of amides is 1. The van der Waals surface area contributed by atoms with Crippen LogP contribution >= 0.6 is 0 Å². The molecule has 7 nitrogen and oxygen atoms in total. The summed E-state index contributed by atoms with van der Waals surface area (Å²) in [7, 11) is 1.27. The lowest BCUT2D eigenvalue weighted by Gasteiger charge is -2.30. The van der Waals surface area contributed by atoms with Gasteiger partial charge in [0.25, 0.3) is 0 Å². The lowest BCUT2D eigenvalue weighted by molar-refractivity contribution is -0.137. The molecule has 0 spiro atoms. The Bertz CT molecular complexity index is 1280. The summed E-state index contributed by atoms with van der Waals surface area (Å²) in [4.78, 5) is 26.7. The fourth-order valence-corrected chi connectivity index (χ4v) is 3.74. The van der Waals surface area contributed by atoms with Crippen LogP contribution in [-0.4, -0.2) is 45.3 Å². The van der Waals surface area contributed by atoms with Gasteiger partial charge in [-0.05, 0) is 48.5 Å². The summed E-state index contributed by atoms with van der Waals surface area (Å²) in [6.45, 7) is 2.33. The highest BCUT2D eigenvalue weighted by atomic mass is 19.4. The Kier molecular flexibility index (Phi) is 7.44. The third kappa shape index (κ3) is 5.95. The number of methoxy groups -OCH3 is 1. The standard InChI is InChI=1S/C26H23F3N2O5/c1-34-25(33)18-5-8-22(31-11-13-35-14-12-31)21(16-18)30-24(32)10-7-20-6-9-23(36-20)17-3-2-4-19(15-17)26(27,28)29/h2-10,15-16H,11-14H2,1H3,(H,30,32)/b10-7+. The molecule has 2 heterocycles. The molecule has 0 bridgehead atoms. The fraction of sp³-hybridized carbons (Fsp3) is 0.231. The van der Waals surface area contributed by atoms with E-state index in [4.69, 9.17) is 13.9 Å². The van der Waals surface area contributed by atoms with Gasteiger partial charge in [0.15, 0.2) is 0 Å². The van der Waals surface area contributed by atoms with Crippen LogP contribution in [0.2, 0.25) is 0 Å². The minimum Gasteiger partial charge on any atom is -0.465 e. The van der Waals surface area contributed by atoms with Crippen molar-refractivity contribution in [1.29, 1.82) is 0 Å². The van der Waals surface area contributed by atoms with Gasteiger partial charge in [-0.1, -0.05) is 12.1 Å². The molecule has 2 aromatic carbocycles. The number of esters is 1. The molecule has 1 aliphatic rings. The molecule has 0 atom stereocenters. The molecule has 0 unspecified atom stereocenters. The maximum Gasteiger partial charge on any atom is 0.416 e. The van der Waals surface area contributed by atoms with Crippen molar-refractivity contribution in [3.8, 4) is 11.3 Å². The zero-order chi connectivity index (χ0) is 25.7. The summed E-state index contributed by atoms with van der Waals surface area (Å²) in [5, 5.41) is 2.78. The second-order valence-corrected chi connectivity index (χ2v) is 7.93. The number of hydrogen-bond donors (Lipinski definition) is 1. The number of morpholine rings is 1. The van der Waals surface area contributed by atoms with E-state index in [2.05, 4.69) is 5.32 Å². The average Bonchev–Trinajstić information content (AvgIpc) is 3.36. The summed E-state index contributed by atoms with van der Waals surface area (Å²) in [6.07, 6.45) is -1.82. The SMILES string of the molecule is COC(=O)c1ccc(N2CCOCC2)c(NC(=O)/C=C/c2ccc(-c3cccc(C(F)(F)F)c3)o2)c1. The number of carbonyl (C=O) groups excluding carboxylic acids is 2. The first-order valence-corrected chi connectivity index (χ1v) is 11.1. The summed E-state index contributed by atoms with van der Waals surface area (Å²) in [6, 6.07) is 12.8. The first-order valence-electron chi connectivity index (χ1n) is 11.1. The first kappa shape index (κ1) is 25.1.